The lowest BCUT2D eigenvalue weighted by Crippen LogP contribution is -2.30. The molecular formula is C14H24N4OS. The first kappa shape index (κ1) is 15.4. The van der Waals surface area contributed by atoms with Crippen molar-refractivity contribution in [3.8, 4) is 0 Å². The van der Waals surface area contributed by atoms with Gasteiger partial charge in [-0.2, -0.15) is 11.8 Å². The van der Waals surface area contributed by atoms with Crippen LogP contribution in [0.15, 0.2) is 12.4 Å². The lowest BCUT2D eigenvalue weighted by Gasteiger charge is -2.28. The second kappa shape index (κ2) is 8.32. The van der Waals surface area contributed by atoms with Crippen LogP contribution in [0.25, 0.3) is 0 Å². The molecule has 1 aromatic heterocycles. The summed E-state index contributed by atoms with van der Waals surface area (Å²) in [5.41, 5.74) is 0. The topological polar surface area (TPSA) is 61.3 Å². The van der Waals surface area contributed by atoms with Crippen LogP contribution >= 0.6 is 11.8 Å². The van der Waals surface area contributed by atoms with Gasteiger partial charge in [-0.15, -0.1) is 0 Å². The lowest BCUT2D eigenvalue weighted by atomic mass is 10.1. The molecule has 1 saturated heterocycles. The summed E-state index contributed by atoms with van der Waals surface area (Å²) in [6.07, 6.45) is 8.24. The van der Waals surface area contributed by atoms with E-state index in [0.29, 0.717) is 0 Å². The van der Waals surface area contributed by atoms with Crippen LogP contribution in [0.5, 0.6) is 0 Å². The molecule has 2 N–H and O–H groups in total. The van der Waals surface area contributed by atoms with E-state index in [-0.39, 0.29) is 12.6 Å². The molecule has 0 aliphatic carbocycles. The second-order valence-corrected chi connectivity index (χ2v) is 6.03. The smallest absolute Gasteiger partial charge is 0.134 e. The normalized spacial score (nSPS) is 17.0. The van der Waals surface area contributed by atoms with Crippen LogP contribution in [0.3, 0.4) is 0 Å². The number of hydrogen-bond donors (Lipinski definition) is 2. The van der Waals surface area contributed by atoms with Crippen LogP contribution in [0.2, 0.25) is 0 Å². The van der Waals surface area contributed by atoms with Gasteiger partial charge in [-0.1, -0.05) is 0 Å². The molecule has 0 saturated carbocycles. The van der Waals surface area contributed by atoms with Crippen LogP contribution in [0.4, 0.5) is 11.6 Å². The van der Waals surface area contributed by atoms with Gasteiger partial charge in [0.05, 0.1) is 0 Å². The molecule has 1 unspecified atom stereocenters. The standard InChI is InChI=1S/C14H24N4OS/c1-20-10-12(5-8-19)17-13-9-14(16-11-15-13)18-6-3-2-4-7-18/h9,11-12,19H,2-8,10H2,1H3,(H,15,16,17). The van der Waals surface area contributed by atoms with Crippen molar-refractivity contribution < 1.29 is 5.11 Å². The fraction of sp³-hybridized carbons (Fsp3) is 0.714. The van der Waals surface area contributed by atoms with Gasteiger partial charge in [-0.3, -0.25) is 0 Å². The first-order valence-corrected chi connectivity index (χ1v) is 8.66. The molecule has 1 fully saturated rings. The van der Waals surface area contributed by atoms with Gasteiger partial charge >= 0.3 is 0 Å². The Morgan fingerprint density at radius 3 is 2.85 bits per heavy atom. The quantitative estimate of drug-likeness (QED) is 0.802. The molecule has 112 valence electrons. The number of anilines is 2. The maximum atomic E-state index is 9.11. The minimum absolute atomic E-state index is 0.197. The van der Waals surface area contributed by atoms with Crippen molar-refractivity contribution in [1.29, 1.82) is 0 Å². The molecule has 6 heteroatoms. The Hall–Kier alpha value is -1.01. The Kier molecular flexibility index (Phi) is 6.39. The van der Waals surface area contributed by atoms with E-state index in [1.807, 2.05) is 6.07 Å². The summed E-state index contributed by atoms with van der Waals surface area (Å²) >= 11 is 1.77. The third kappa shape index (κ3) is 4.52. The number of aromatic nitrogens is 2. The van der Waals surface area contributed by atoms with Gasteiger partial charge in [-0.05, 0) is 31.9 Å². The van der Waals surface area contributed by atoms with Crippen molar-refractivity contribution in [2.24, 2.45) is 0 Å². The number of rotatable bonds is 7. The summed E-state index contributed by atoms with van der Waals surface area (Å²) in [5.74, 6) is 2.83. The highest BCUT2D eigenvalue weighted by Crippen LogP contribution is 2.20. The molecule has 1 aliphatic heterocycles. The van der Waals surface area contributed by atoms with Crippen LogP contribution in [0.1, 0.15) is 25.7 Å². The zero-order chi connectivity index (χ0) is 14.2. The fourth-order valence-corrected chi connectivity index (χ4v) is 3.14. The van der Waals surface area contributed by atoms with E-state index < -0.39 is 0 Å². The van der Waals surface area contributed by atoms with Crippen LogP contribution in [-0.4, -0.2) is 52.8 Å². The number of hydrogen-bond acceptors (Lipinski definition) is 6. The minimum atomic E-state index is 0.197. The molecular weight excluding hydrogens is 272 g/mol. The summed E-state index contributed by atoms with van der Waals surface area (Å²) in [6, 6.07) is 2.27. The highest BCUT2D eigenvalue weighted by Gasteiger charge is 2.14. The zero-order valence-electron chi connectivity index (χ0n) is 12.1. The van der Waals surface area contributed by atoms with E-state index in [0.717, 1.165) is 36.9 Å². The Morgan fingerprint density at radius 1 is 1.35 bits per heavy atom. The molecule has 20 heavy (non-hydrogen) atoms. The van der Waals surface area contributed by atoms with E-state index in [2.05, 4.69) is 26.4 Å². The van der Waals surface area contributed by atoms with Crippen molar-refractivity contribution >= 4 is 23.4 Å². The average molecular weight is 296 g/mol. The zero-order valence-corrected chi connectivity index (χ0v) is 12.9. The largest absolute Gasteiger partial charge is 0.396 e. The van der Waals surface area contributed by atoms with Gasteiger partial charge in [0, 0.05) is 37.6 Å². The molecule has 0 amide bonds. The van der Waals surface area contributed by atoms with Crippen LogP contribution < -0.4 is 10.2 Å². The van der Waals surface area contributed by atoms with Gasteiger partial charge in [0.2, 0.25) is 0 Å². The van der Waals surface area contributed by atoms with Crippen molar-refractivity contribution in [3.63, 3.8) is 0 Å². The third-order valence-electron chi connectivity index (χ3n) is 3.53. The van der Waals surface area contributed by atoms with E-state index in [9.17, 15) is 0 Å². The molecule has 2 heterocycles. The second-order valence-electron chi connectivity index (χ2n) is 5.12. The SMILES string of the molecule is CSCC(CCO)Nc1cc(N2CCCCC2)ncn1. The minimum Gasteiger partial charge on any atom is -0.396 e. The van der Waals surface area contributed by atoms with Crippen LogP contribution in [-0.2, 0) is 0 Å². The van der Waals surface area contributed by atoms with Gasteiger partial charge in [0.15, 0.2) is 0 Å². The Labute approximate surface area is 125 Å². The predicted molar refractivity (Wildman–Crippen MR) is 85.6 cm³/mol. The summed E-state index contributed by atoms with van der Waals surface area (Å²) in [6.45, 7) is 2.37. The number of aliphatic hydroxyl groups is 1. The monoisotopic (exact) mass is 296 g/mol. The summed E-state index contributed by atoms with van der Waals surface area (Å²) in [5, 5.41) is 12.5. The van der Waals surface area contributed by atoms with Crippen molar-refractivity contribution in [3.05, 3.63) is 12.4 Å². The number of aliphatic hydroxyl groups excluding tert-OH is 1. The van der Waals surface area contributed by atoms with Crippen molar-refractivity contribution in [2.45, 2.75) is 31.7 Å². The molecule has 1 aliphatic rings. The first-order chi connectivity index (χ1) is 9.83. The molecule has 2 rings (SSSR count). The Bertz CT molecular complexity index is 393. The first-order valence-electron chi connectivity index (χ1n) is 7.27. The van der Waals surface area contributed by atoms with Crippen molar-refractivity contribution in [2.75, 3.05) is 41.9 Å². The van der Waals surface area contributed by atoms with Gasteiger partial charge in [0.1, 0.15) is 18.0 Å². The number of nitrogens with one attached hydrogen (secondary N) is 1. The fourth-order valence-electron chi connectivity index (χ4n) is 2.49. The molecule has 0 aromatic carbocycles. The summed E-state index contributed by atoms with van der Waals surface area (Å²) in [4.78, 5) is 11.0. The Morgan fingerprint density at radius 2 is 2.15 bits per heavy atom. The third-order valence-corrected chi connectivity index (χ3v) is 4.27. The number of thioether (sulfide) groups is 1. The summed E-state index contributed by atoms with van der Waals surface area (Å²) < 4.78 is 0. The number of piperidine rings is 1. The van der Waals surface area contributed by atoms with Crippen molar-refractivity contribution in [1.82, 2.24) is 9.97 Å². The van der Waals surface area contributed by atoms with E-state index in [1.165, 1.54) is 19.3 Å². The van der Waals surface area contributed by atoms with Gasteiger partial charge < -0.3 is 15.3 Å². The maximum absolute atomic E-state index is 9.11. The van der Waals surface area contributed by atoms with Crippen LogP contribution in [0, 0.1) is 0 Å². The molecule has 0 spiro atoms. The molecule has 0 radical (unpaired) electrons. The highest BCUT2D eigenvalue weighted by atomic mass is 32.2. The van der Waals surface area contributed by atoms with E-state index in [4.69, 9.17) is 5.11 Å². The molecule has 5 nitrogen and oxygen atoms in total. The molecule has 1 atom stereocenters. The average Bonchev–Trinajstić information content (AvgIpc) is 2.49. The predicted octanol–water partition coefficient (Wildman–Crippen LogP) is 1.99. The van der Waals surface area contributed by atoms with E-state index >= 15 is 0 Å². The van der Waals surface area contributed by atoms with Gasteiger partial charge in [0.25, 0.3) is 0 Å². The van der Waals surface area contributed by atoms with Gasteiger partial charge in [-0.25, -0.2) is 9.97 Å². The number of nitrogens with zero attached hydrogens (tertiary/aromatic N) is 3. The maximum Gasteiger partial charge on any atom is 0.134 e. The highest BCUT2D eigenvalue weighted by molar-refractivity contribution is 7.98. The molecule has 1 aromatic rings. The summed E-state index contributed by atoms with van der Waals surface area (Å²) in [7, 11) is 0. The Balaban J connectivity index is 2.00. The molecule has 0 bridgehead atoms. The van der Waals surface area contributed by atoms with E-state index in [1.54, 1.807) is 18.1 Å². The lowest BCUT2D eigenvalue weighted by molar-refractivity contribution is 0.282.